The Kier molecular flexibility index (Phi) is 8.61. The summed E-state index contributed by atoms with van der Waals surface area (Å²) in [4.78, 5) is 36.3. The smallest absolute Gasteiger partial charge is 0.306 e. The number of hydrogen-bond acceptors (Lipinski definition) is 5. The molecule has 3 aromatic rings. The Bertz CT molecular complexity index is 1250. The molecule has 0 radical (unpaired) electrons. The first-order valence-electron chi connectivity index (χ1n) is 12.0. The van der Waals surface area contributed by atoms with E-state index in [1.54, 1.807) is 18.2 Å². The van der Waals surface area contributed by atoms with Gasteiger partial charge in [0, 0.05) is 21.5 Å². The number of nitrogens with one attached hydrogen (secondary N) is 2. The molecule has 0 unspecified atom stereocenters. The highest BCUT2D eigenvalue weighted by Gasteiger charge is 2.26. The minimum absolute atomic E-state index is 0.0357. The fourth-order valence-corrected chi connectivity index (χ4v) is 5.61. The van der Waals surface area contributed by atoms with Crippen molar-refractivity contribution in [2.24, 2.45) is 5.92 Å². The molecule has 3 N–H and O–H groups in total. The first kappa shape index (κ1) is 26.1. The SMILES string of the molecule is C[C@@H](COC1CCC(C(=O)O)CC1)NC(=O)Cc1ccc(NC(=O)c2csc3ccccc23)c(Cl)c1. The van der Waals surface area contributed by atoms with Gasteiger partial charge in [-0.3, -0.25) is 14.4 Å². The summed E-state index contributed by atoms with van der Waals surface area (Å²) in [5.41, 5.74) is 1.82. The van der Waals surface area contributed by atoms with E-state index >= 15 is 0 Å². The van der Waals surface area contributed by atoms with Crippen molar-refractivity contribution in [3.63, 3.8) is 0 Å². The molecule has 0 saturated heterocycles. The van der Waals surface area contributed by atoms with Crippen LogP contribution in [0.2, 0.25) is 5.02 Å². The van der Waals surface area contributed by atoms with Crippen LogP contribution in [0.1, 0.15) is 48.5 Å². The molecule has 0 bridgehead atoms. The lowest BCUT2D eigenvalue weighted by Crippen LogP contribution is -2.38. The number of ether oxygens (including phenoxy) is 1. The average molecular weight is 529 g/mol. The number of anilines is 1. The fourth-order valence-electron chi connectivity index (χ4n) is 4.42. The molecule has 9 heteroatoms. The summed E-state index contributed by atoms with van der Waals surface area (Å²) >= 11 is 7.92. The lowest BCUT2D eigenvalue weighted by molar-refractivity contribution is -0.144. The number of carbonyl (C=O) groups excluding carboxylic acids is 2. The fraction of sp³-hybridized carbons (Fsp3) is 0.370. The van der Waals surface area contributed by atoms with E-state index in [1.165, 1.54) is 11.3 Å². The molecule has 1 heterocycles. The van der Waals surface area contributed by atoms with Crippen molar-refractivity contribution in [1.29, 1.82) is 0 Å². The maximum absolute atomic E-state index is 12.8. The Labute approximate surface area is 218 Å². The van der Waals surface area contributed by atoms with Crippen molar-refractivity contribution in [2.75, 3.05) is 11.9 Å². The monoisotopic (exact) mass is 528 g/mol. The van der Waals surface area contributed by atoms with Crippen molar-refractivity contribution in [2.45, 2.75) is 51.2 Å². The van der Waals surface area contributed by atoms with Crippen LogP contribution in [0.4, 0.5) is 5.69 Å². The van der Waals surface area contributed by atoms with Crippen LogP contribution in [0, 0.1) is 5.92 Å². The topological polar surface area (TPSA) is 105 Å². The highest BCUT2D eigenvalue weighted by atomic mass is 35.5. The van der Waals surface area contributed by atoms with Crippen molar-refractivity contribution < 1.29 is 24.2 Å². The van der Waals surface area contributed by atoms with Gasteiger partial charge in [0.1, 0.15) is 0 Å². The molecule has 1 fully saturated rings. The maximum Gasteiger partial charge on any atom is 0.306 e. The van der Waals surface area contributed by atoms with Crippen LogP contribution < -0.4 is 10.6 Å². The van der Waals surface area contributed by atoms with Gasteiger partial charge >= 0.3 is 5.97 Å². The Morgan fingerprint density at radius 1 is 1.14 bits per heavy atom. The maximum atomic E-state index is 12.8. The van der Waals surface area contributed by atoms with Gasteiger partial charge in [-0.1, -0.05) is 35.9 Å². The molecule has 4 rings (SSSR count). The zero-order valence-corrected chi connectivity index (χ0v) is 21.5. The van der Waals surface area contributed by atoms with Gasteiger partial charge in [-0.05, 0) is 56.4 Å². The molecule has 190 valence electrons. The Balaban J connectivity index is 1.25. The molecule has 0 spiro atoms. The minimum atomic E-state index is -0.735. The quantitative estimate of drug-likeness (QED) is 0.339. The second-order valence-electron chi connectivity index (χ2n) is 9.20. The largest absolute Gasteiger partial charge is 0.481 e. The molecule has 36 heavy (non-hydrogen) atoms. The molecule has 1 aromatic heterocycles. The third kappa shape index (κ3) is 6.63. The van der Waals surface area contributed by atoms with E-state index < -0.39 is 5.97 Å². The van der Waals surface area contributed by atoms with Gasteiger partial charge in [-0.2, -0.15) is 0 Å². The molecular formula is C27H29ClN2O5S. The van der Waals surface area contributed by atoms with Crippen LogP contribution in [0.3, 0.4) is 0 Å². The van der Waals surface area contributed by atoms with E-state index in [9.17, 15) is 14.4 Å². The van der Waals surface area contributed by atoms with Crippen LogP contribution in [-0.2, 0) is 20.7 Å². The summed E-state index contributed by atoms with van der Waals surface area (Å²) in [7, 11) is 0. The number of halogens is 1. The molecular weight excluding hydrogens is 500 g/mol. The number of carboxylic acids is 1. The minimum Gasteiger partial charge on any atom is -0.481 e. The average Bonchev–Trinajstić information content (AvgIpc) is 3.29. The summed E-state index contributed by atoms with van der Waals surface area (Å²) in [6, 6.07) is 12.7. The van der Waals surface area contributed by atoms with E-state index in [1.807, 2.05) is 36.6 Å². The predicted octanol–water partition coefficient (Wildman–Crippen LogP) is 5.51. The van der Waals surface area contributed by atoms with Gasteiger partial charge in [0.05, 0.1) is 41.3 Å². The summed E-state index contributed by atoms with van der Waals surface area (Å²) < 4.78 is 6.93. The summed E-state index contributed by atoms with van der Waals surface area (Å²) in [6.07, 6.45) is 2.89. The Morgan fingerprint density at radius 2 is 1.89 bits per heavy atom. The van der Waals surface area contributed by atoms with Crippen LogP contribution in [-0.4, -0.2) is 41.6 Å². The zero-order chi connectivity index (χ0) is 25.7. The predicted molar refractivity (Wildman–Crippen MR) is 142 cm³/mol. The summed E-state index contributed by atoms with van der Waals surface area (Å²) in [6.45, 7) is 2.25. The van der Waals surface area contributed by atoms with Crippen molar-refractivity contribution in [1.82, 2.24) is 5.32 Å². The van der Waals surface area contributed by atoms with Gasteiger partial charge in [0.25, 0.3) is 5.91 Å². The van der Waals surface area contributed by atoms with E-state index in [-0.39, 0.29) is 36.3 Å². The highest BCUT2D eigenvalue weighted by Crippen LogP contribution is 2.29. The van der Waals surface area contributed by atoms with Crippen LogP contribution in [0.5, 0.6) is 0 Å². The van der Waals surface area contributed by atoms with E-state index in [0.29, 0.717) is 35.7 Å². The van der Waals surface area contributed by atoms with Gasteiger partial charge < -0.3 is 20.5 Å². The number of fused-ring (bicyclic) bond motifs is 1. The Morgan fingerprint density at radius 3 is 2.61 bits per heavy atom. The number of carbonyl (C=O) groups is 3. The molecule has 1 atom stereocenters. The van der Waals surface area contributed by atoms with Gasteiger partial charge in [-0.25, -0.2) is 0 Å². The second-order valence-corrected chi connectivity index (χ2v) is 10.5. The number of rotatable bonds is 9. The number of carboxylic acid groups (broad SMARTS) is 1. The second kappa shape index (κ2) is 11.9. The molecule has 1 saturated carbocycles. The van der Waals surface area contributed by atoms with E-state index in [2.05, 4.69) is 10.6 Å². The number of hydrogen-bond donors (Lipinski definition) is 3. The van der Waals surface area contributed by atoms with E-state index in [0.717, 1.165) is 28.5 Å². The normalized spacial score (nSPS) is 18.5. The van der Waals surface area contributed by atoms with Crippen LogP contribution in [0.15, 0.2) is 47.8 Å². The standard InChI is InChI=1S/C27H29ClN2O5S/c1-16(14-35-19-9-7-18(8-10-19)27(33)34)29-25(31)13-17-6-11-23(22(28)12-17)30-26(32)21-15-36-24-5-3-2-4-20(21)24/h2-6,11-12,15-16,18-19H,7-10,13-14H2,1H3,(H,29,31)(H,30,32)(H,33,34)/t16-,18?,19?/m0/s1. The lowest BCUT2D eigenvalue weighted by Gasteiger charge is -2.27. The Hall–Kier alpha value is -2.94. The molecule has 0 aliphatic heterocycles. The number of aliphatic carboxylic acids is 1. The van der Waals surface area contributed by atoms with Gasteiger partial charge in [0.2, 0.25) is 5.91 Å². The number of thiophene rings is 1. The zero-order valence-electron chi connectivity index (χ0n) is 20.0. The summed E-state index contributed by atoms with van der Waals surface area (Å²) in [5.74, 6) is -1.40. The third-order valence-corrected chi connectivity index (χ3v) is 7.66. The van der Waals surface area contributed by atoms with Crippen LogP contribution >= 0.6 is 22.9 Å². The summed E-state index contributed by atoms with van der Waals surface area (Å²) in [5, 5.41) is 18.0. The number of benzene rings is 2. The lowest BCUT2D eigenvalue weighted by atomic mass is 9.87. The van der Waals surface area contributed by atoms with E-state index in [4.69, 9.17) is 21.4 Å². The van der Waals surface area contributed by atoms with Crippen molar-refractivity contribution in [3.05, 3.63) is 64.0 Å². The molecule has 1 aliphatic carbocycles. The van der Waals surface area contributed by atoms with Gasteiger partial charge in [0.15, 0.2) is 0 Å². The first-order chi connectivity index (χ1) is 17.3. The van der Waals surface area contributed by atoms with Crippen LogP contribution in [0.25, 0.3) is 10.1 Å². The first-order valence-corrected chi connectivity index (χ1v) is 13.3. The molecule has 2 amide bonds. The van der Waals surface area contributed by atoms with Crippen molar-refractivity contribution >= 4 is 56.5 Å². The van der Waals surface area contributed by atoms with Crippen molar-refractivity contribution in [3.8, 4) is 0 Å². The molecule has 1 aliphatic rings. The molecule has 2 aromatic carbocycles. The molecule has 7 nitrogen and oxygen atoms in total. The highest BCUT2D eigenvalue weighted by molar-refractivity contribution is 7.17. The van der Waals surface area contributed by atoms with Gasteiger partial charge in [-0.15, -0.1) is 11.3 Å². The number of amides is 2. The third-order valence-electron chi connectivity index (χ3n) is 6.38.